The summed E-state index contributed by atoms with van der Waals surface area (Å²) < 4.78 is 12.7. The zero-order valence-corrected chi connectivity index (χ0v) is 10.9. The molecule has 0 spiro atoms. The lowest BCUT2D eigenvalue weighted by molar-refractivity contribution is -0.118. The van der Waals surface area contributed by atoms with Gasteiger partial charge in [-0.05, 0) is 45.2 Å². The molecule has 1 aromatic carbocycles. The van der Waals surface area contributed by atoms with Gasteiger partial charge in [0.2, 0.25) is 5.91 Å². The van der Waals surface area contributed by atoms with Gasteiger partial charge in [0.15, 0.2) is 0 Å². The van der Waals surface area contributed by atoms with Gasteiger partial charge in [0.25, 0.3) is 0 Å². The van der Waals surface area contributed by atoms with E-state index in [2.05, 4.69) is 5.32 Å². The Balaban J connectivity index is 2.54. The highest BCUT2D eigenvalue weighted by Gasteiger charge is 2.24. The summed E-state index contributed by atoms with van der Waals surface area (Å²) in [5, 5.41) is 11.8. The zero-order valence-electron chi connectivity index (χ0n) is 10.9. The molecule has 1 aromatic rings. The number of aliphatic hydroxyl groups excluding tert-OH is 1. The van der Waals surface area contributed by atoms with Gasteiger partial charge in [-0.25, -0.2) is 4.39 Å². The van der Waals surface area contributed by atoms with Crippen molar-refractivity contribution in [2.24, 2.45) is 0 Å². The molecule has 0 radical (unpaired) electrons. The van der Waals surface area contributed by atoms with E-state index in [9.17, 15) is 14.3 Å². The molecule has 18 heavy (non-hydrogen) atoms. The number of aliphatic hydroxyl groups is 1. The summed E-state index contributed by atoms with van der Waals surface area (Å²) in [5.41, 5.74) is 0.0942. The lowest BCUT2D eigenvalue weighted by atomic mass is 10.1. The van der Waals surface area contributed by atoms with Crippen molar-refractivity contribution in [3.8, 4) is 0 Å². The normalized spacial score (nSPS) is 11.7. The van der Waals surface area contributed by atoms with E-state index in [0.717, 1.165) is 0 Å². The van der Waals surface area contributed by atoms with Gasteiger partial charge in [0, 0.05) is 11.2 Å². The smallest absolute Gasteiger partial charge is 0.238 e. The van der Waals surface area contributed by atoms with E-state index < -0.39 is 5.54 Å². The largest absolute Gasteiger partial charge is 0.394 e. The predicted octanol–water partition coefficient (Wildman–Crippen LogP) is 1.47. The SMILES string of the molecule is CN(CC(=O)Nc1ccc(F)cc1)C(C)(C)CO. The van der Waals surface area contributed by atoms with Crippen LogP contribution in [-0.4, -0.2) is 41.7 Å². The van der Waals surface area contributed by atoms with Crippen LogP contribution in [-0.2, 0) is 4.79 Å². The van der Waals surface area contributed by atoms with Crippen LogP contribution in [0.1, 0.15) is 13.8 Å². The molecule has 0 aliphatic carbocycles. The molecule has 1 amide bonds. The number of hydrogen-bond donors (Lipinski definition) is 2. The lowest BCUT2D eigenvalue weighted by Gasteiger charge is -2.33. The Kier molecular flexibility index (Phi) is 4.81. The lowest BCUT2D eigenvalue weighted by Crippen LogP contribution is -2.47. The molecule has 100 valence electrons. The summed E-state index contributed by atoms with van der Waals surface area (Å²) in [5.74, 6) is -0.544. The van der Waals surface area contributed by atoms with Crippen molar-refractivity contribution in [3.63, 3.8) is 0 Å². The second kappa shape index (κ2) is 5.93. The highest BCUT2D eigenvalue weighted by atomic mass is 19.1. The number of halogens is 1. The number of amides is 1. The Morgan fingerprint density at radius 3 is 2.44 bits per heavy atom. The Labute approximate surface area is 106 Å². The zero-order chi connectivity index (χ0) is 13.8. The molecular formula is C13H19FN2O2. The Morgan fingerprint density at radius 1 is 1.39 bits per heavy atom. The number of nitrogens with one attached hydrogen (secondary N) is 1. The summed E-state index contributed by atoms with van der Waals surface area (Å²) >= 11 is 0. The fraction of sp³-hybridized carbons (Fsp3) is 0.462. The summed E-state index contributed by atoms with van der Waals surface area (Å²) in [7, 11) is 1.76. The molecule has 0 bridgehead atoms. The molecule has 0 atom stereocenters. The van der Waals surface area contributed by atoms with Gasteiger partial charge in [0.05, 0.1) is 13.2 Å². The summed E-state index contributed by atoms with van der Waals surface area (Å²) in [6.45, 7) is 3.81. The Morgan fingerprint density at radius 2 is 1.94 bits per heavy atom. The van der Waals surface area contributed by atoms with Crippen LogP contribution < -0.4 is 5.32 Å². The minimum Gasteiger partial charge on any atom is -0.394 e. The van der Waals surface area contributed by atoms with Crippen LogP contribution in [0.5, 0.6) is 0 Å². The summed E-state index contributed by atoms with van der Waals surface area (Å²) in [4.78, 5) is 13.5. The molecule has 4 nitrogen and oxygen atoms in total. The fourth-order valence-electron chi connectivity index (χ4n) is 1.28. The standard InChI is InChI=1S/C13H19FN2O2/c1-13(2,9-17)16(3)8-12(18)15-11-6-4-10(14)5-7-11/h4-7,17H,8-9H2,1-3H3,(H,15,18). The van der Waals surface area contributed by atoms with Gasteiger partial charge in [0.1, 0.15) is 5.82 Å². The number of carbonyl (C=O) groups is 1. The fourth-order valence-corrected chi connectivity index (χ4v) is 1.28. The third-order valence-electron chi connectivity index (χ3n) is 2.93. The van der Waals surface area contributed by atoms with Crippen LogP contribution in [0, 0.1) is 5.82 Å². The Bertz CT molecular complexity index is 404. The van der Waals surface area contributed by atoms with Gasteiger partial charge in [-0.15, -0.1) is 0 Å². The third kappa shape index (κ3) is 4.09. The molecular weight excluding hydrogens is 235 g/mol. The van der Waals surface area contributed by atoms with Crippen LogP contribution in [0.25, 0.3) is 0 Å². The molecule has 0 aliphatic heterocycles. The number of benzene rings is 1. The first kappa shape index (κ1) is 14.6. The second-order valence-electron chi connectivity index (χ2n) is 4.88. The van der Waals surface area contributed by atoms with Crippen molar-refractivity contribution in [1.82, 2.24) is 4.90 Å². The molecule has 5 heteroatoms. The van der Waals surface area contributed by atoms with E-state index in [1.165, 1.54) is 24.3 Å². The van der Waals surface area contributed by atoms with E-state index >= 15 is 0 Å². The topological polar surface area (TPSA) is 52.6 Å². The van der Waals surface area contributed by atoms with Crippen LogP contribution in [0.2, 0.25) is 0 Å². The maximum absolute atomic E-state index is 12.7. The first-order chi connectivity index (χ1) is 8.35. The van der Waals surface area contributed by atoms with Crippen molar-refractivity contribution in [3.05, 3.63) is 30.1 Å². The monoisotopic (exact) mass is 254 g/mol. The molecule has 0 saturated heterocycles. The van der Waals surface area contributed by atoms with Crippen molar-refractivity contribution in [2.45, 2.75) is 19.4 Å². The minimum atomic E-state index is -0.458. The van der Waals surface area contributed by atoms with Crippen molar-refractivity contribution in [1.29, 1.82) is 0 Å². The molecule has 0 fully saturated rings. The first-order valence-corrected chi connectivity index (χ1v) is 5.72. The van der Waals surface area contributed by atoms with Crippen LogP contribution in [0.4, 0.5) is 10.1 Å². The van der Waals surface area contributed by atoms with E-state index in [1.807, 2.05) is 13.8 Å². The highest BCUT2D eigenvalue weighted by molar-refractivity contribution is 5.92. The second-order valence-corrected chi connectivity index (χ2v) is 4.88. The number of rotatable bonds is 5. The maximum Gasteiger partial charge on any atom is 0.238 e. The average Bonchev–Trinajstić information content (AvgIpc) is 2.32. The van der Waals surface area contributed by atoms with E-state index in [4.69, 9.17) is 0 Å². The molecule has 2 N–H and O–H groups in total. The van der Waals surface area contributed by atoms with E-state index in [0.29, 0.717) is 5.69 Å². The van der Waals surface area contributed by atoms with Crippen molar-refractivity contribution < 1.29 is 14.3 Å². The van der Waals surface area contributed by atoms with Gasteiger partial charge in [-0.1, -0.05) is 0 Å². The quantitative estimate of drug-likeness (QED) is 0.836. The summed E-state index contributed by atoms with van der Waals surface area (Å²) in [6, 6.07) is 5.59. The molecule has 0 heterocycles. The third-order valence-corrected chi connectivity index (χ3v) is 2.93. The number of likely N-dealkylation sites (N-methyl/N-ethyl adjacent to an activating group) is 1. The molecule has 0 saturated carbocycles. The van der Waals surface area contributed by atoms with Gasteiger partial charge < -0.3 is 10.4 Å². The van der Waals surface area contributed by atoms with Crippen LogP contribution in [0.3, 0.4) is 0 Å². The molecule has 0 aromatic heterocycles. The van der Waals surface area contributed by atoms with Crippen molar-refractivity contribution in [2.75, 3.05) is 25.5 Å². The number of anilines is 1. The van der Waals surface area contributed by atoms with Crippen molar-refractivity contribution >= 4 is 11.6 Å². The number of carbonyl (C=O) groups excluding carboxylic acids is 1. The number of nitrogens with zero attached hydrogens (tertiary/aromatic N) is 1. The molecule has 0 aliphatic rings. The first-order valence-electron chi connectivity index (χ1n) is 5.72. The summed E-state index contributed by atoms with van der Waals surface area (Å²) in [6.07, 6.45) is 0. The molecule has 0 unspecified atom stereocenters. The Hall–Kier alpha value is -1.46. The van der Waals surface area contributed by atoms with E-state index in [1.54, 1.807) is 11.9 Å². The number of hydrogen-bond acceptors (Lipinski definition) is 3. The highest BCUT2D eigenvalue weighted by Crippen LogP contribution is 2.12. The average molecular weight is 254 g/mol. The van der Waals surface area contributed by atoms with Gasteiger partial charge >= 0.3 is 0 Å². The van der Waals surface area contributed by atoms with Crippen LogP contribution >= 0.6 is 0 Å². The predicted molar refractivity (Wildman–Crippen MR) is 68.8 cm³/mol. The van der Waals surface area contributed by atoms with Gasteiger partial charge in [-0.3, -0.25) is 9.69 Å². The molecule has 1 rings (SSSR count). The van der Waals surface area contributed by atoms with Gasteiger partial charge in [-0.2, -0.15) is 0 Å². The minimum absolute atomic E-state index is 0.0344. The van der Waals surface area contributed by atoms with Crippen LogP contribution in [0.15, 0.2) is 24.3 Å². The maximum atomic E-state index is 12.7. The van der Waals surface area contributed by atoms with E-state index in [-0.39, 0.29) is 24.9 Å².